The molecule has 24 heavy (non-hydrogen) atoms. The lowest BCUT2D eigenvalue weighted by Crippen LogP contribution is -2.24. The summed E-state index contributed by atoms with van der Waals surface area (Å²) in [6.45, 7) is 0.486. The van der Waals surface area contributed by atoms with E-state index in [2.05, 4.69) is 16.3 Å². The molecular formula is C17H15ClN4OS. The van der Waals surface area contributed by atoms with Crippen molar-refractivity contribution in [2.45, 2.75) is 12.5 Å². The van der Waals surface area contributed by atoms with Crippen LogP contribution in [-0.4, -0.2) is 22.8 Å². The second-order valence-corrected chi connectivity index (χ2v) is 7.07. The monoisotopic (exact) mass is 358 g/mol. The van der Waals surface area contributed by atoms with Crippen LogP contribution in [0, 0.1) is 0 Å². The van der Waals surface area contributed by atoms with Crippen LogP contribution in [0.1, 0.15) is 5.56 Å². The Morgan fingerprint density at radius 1 is 1.12 bits per heavy atom. The van der Waals surface area contributed by atoms with Gasteiger partial charge >= 0.3 is 0 Å². The fourth-order valence-electron chi connectivity index (χ4n) is 2.84. The fourth-order valence-corrected chi connectivity index (χ4v) is 3.74. The van der Waals surface area contributed by atoms with E-state index in [9.17, 15) is 0 Å². The van der Waals surface area contributed by atoms with Gasteiger partial charge in [-0.15, -0.1) is 10.2 Å². The summed E-state index contributed by atoms with van der Waals surface area (Å²) < 4.78 is 5.77. The van der Waals surface area contributed by atoms with Crippen LogP contribution >= 0.6 is 22.9 Å². The third-order valence-electron chi connectivity index (χ3n) is 4.02. The number of nitrogens with zero attached hydrogens (tertiary/aromatic N) is 2. The minimum atomic E-state index is 0.0120. The molecule has 4 rings (SSSR count). The molecule has 0 saturated heterocycles. The molecule has 0 fully saturated rings. The van der Waals surface area contributed by atoms with E-state index < -0.39 is 0 Å². The van der Waals surface area contributed by atoms with Crippen molar-refractivity contribution >= 4 is 28.1 Å². The van der Waals surface area contributed by atoms with E-state index in [1.165, 1.54) is 11.3 Å². The first-order valence-electron chi connectivity index (χ1n) is 7.53. The Hall–Kier alpha value is -2.15. The SMILES string of the molecule is NCC1Cc2cc(-c3ccc(-c4nnc(N)s4)cc3)cc(Cl)c2O1. The van der Waals surface area contributed by atoms with Gasteiger partial charge < -0.3 is 16.2 Å². The summed E-state index contributed by atoms with van der Waals surface area (Å²) >= 11 is 7.75. The summed E-state index contributed by atoms with van der Waals surface area (Å²) in [5.74, 6) is 0.761. The standard InChI is InChI=1S/C17H15ClN4OS/c18-14-7-11(5-12-6-13(8-19)23-15(12)14)9-1-3-10(4-2-9)16-21-22-17(20)24-16/h1-5,7,13H,6,8,19H2,(H2,20,22). The van der Waals surface area contributed by atoms with Crippen LogP contribution in [0.25, 0.3) is 21.7 Å². The number of ether oxygens (including phenoxy) is 1. The normalized spacial score (nSPS) is 16.0. The van der Waals surface area contributed by atoms with Gasteiger partial charge in [0.15, 0.2) is 0 Å². The van der Waals surface area contributed by atoms with Gasteiger partial charge in [-0.25, -0.2) is 0 Å². The van der Waals surface area contributed by atoms with Crippen molar-refractivity contribution in [2.75, 3.05) is 12.3 Å². The molecule has 1 aromatic heterocycles. The minimum Gasteiger partial charge on any atom is -0.487 e. The first-order chi connectivity index (χ1) is 11.6. The molecule has 2 heterocycles. The number of anilines is 1. The summed E-state index contributed by atoms with van der Waals surface area (Å²) in [5, 5.41) is 9.81. The first-order valence-corrected chi connectivity index (χ1v) is 8.72. The Balaban J connectivity index is 1.66. The fraction of sp³-hybridized carbons (Fsp3) is 0.176. The summed E-state index contributed by atoms with van der Waals surface area (Å²) in [5.41, 5.74) is 15.6. The molecule has 1 aliphatic heterocycles. The zero-order valence-electron chi connectivity index (χ0n) is 12.7. The number of nitrogen functional groups attached to an aromatic ring is 1. The molecule has 0 aliphatic carbocycles. The Morgan fingerprint density at radius 2 is 1.88 bits per heavy atom. The molecule has 0 amide bonds. The Kier molecular flexibility index (Phi) is 3.88. The van der Waals surface area contributed by atoms with Crippen molar-refractivity contribution in [3.8, 4) is 27.4 Å². The predicted molar refractivity (Wildman–Crippen MR) is 97.4 cm³/mol. The number of halogens is 1. The maximum absolute atomic E-state index is 6.38. The van der Waals surface area contributed by atoms with Gasteiger partial charge in [-0.1, -0.05) is 47.2 Å². The zero-order chi connectivity index (χ0) is 16.7. The second kappa shape index (κ2) is 6.05. The van der Waals surface area contributed by atoms with E-state index in [1.54, 1.807) is 0 Å². The summed E-state index contributed by atoms with van der Waals surface area (Å²) in [6.07, 6.45) is 0.805. The molecule has 1 unspecified atom stereocenters. The molecular weight excluding hydrogens is 344 g/mol. The highest BCUT2D eigenvalue weighted by molar-refractivity contribution is 7.18. The lowest BCUT2D eigenvalue weighted by atomic mass is 10.00. The van der Waals surface area contributed by atoms with Gasteiger partial charge in [0, 0.05) is 24.1 Å². The number of fused-ring (bicyclic) bond motifs is 1. The molecule has 0 spiro atoms. The highest BCUT2D eigenvalue weighted by Gasteiger charge is 2.24. The Bertz CT molecular complexity index is 894. The first kappa shape index (κ1) is 15.4. The van der Waals surface area contributed by atoms with Crippen molar-refractivity contribution in [2.24, 2.45) is 5.73 Å². The lowest BCUT2D eigenvalue weighted by molar-refractivity contribution is 0.241. The minimum absolute atomic E-state index is 0.0120. The molecule has 5 nitrogen and oxygen atoms in total. The molecule has 1 atom stereocenters. The maximum Gasteiger partial charge on any atom is 0.203 e. The third-order valence-corrected chi connectivity index (χ3v) is 5.10. The third kappa shape index (κ3) is 2.73. The van der Waals surface area contributed by atoms with Crippen molar-refractivity contribution in [3.63, 3.8) is 0 Å². The van der Waals surface area contributed by atoms with E-state index in [-0.39, 0.29) is 6.10 Å². The predicted octanol–water partition coefficient (Wildman–Crippen LogP) is 3.37. The topological polar surface area (TPSA) is 87.0 Å². The van der Waals surface area contributed by atoms with E-state index >= 15 is 0 Å². The molecule has 0 saturated carbocycles. The van der Waals surface area contributed by atoms with Gasteiger partial charge in [0.05, 0.1) is 5.02 Å². The van der Waals surface area contributed by atoms with Gasteiger partial charge in [0.25, 0.3) is 0 Å². The van der Waals surface area contributed by atoms with Crippen LogP contribution in [0.4, 0.5) is 5.13 Å². The smallest absolute Gasteiger partial charge is 0.203 e. The van der Waals surface area contributed by atoms with E-state index in [4.69, 9.17) is 27.8 Å². The van der Waals surface area contributed by atoms with Gasteiger partial charge in [-0.05, 0) is 23.3 Å². The lowest BCUT2D eigenvalue weighted by Gasteiger charge is -2.09. The van der Waals surface area contributed by atoms with Crippen molar-refractivity contribution in [1.82, 2.24) is 10.2 Å². The van der Waals surface area contributed by atoms with Crippen LogP contribution in [0.3, 0.4) is 0 Å². The van der Waals surface area contributed by atoms with Crippen LogP contribution in [0.2, 0.25) is 5.02 Å². The van der Waals surface area contributed by atoms with Crippen molar-refractivity contribution in [3.05, 3.63) is 47.0 Å². The largest absolute Gasteiger partial charge is 0.487 e. The quantitative estimate of drug-likeness (QED) is 0.749. The van der Waals surface area contributed by atoms with Gasteiger partial charge in [0.2, 0.25) is 5.13 Å². The summed E-state index contributed by atoms with van der Waals surface area (Å²) in [6, 6.07) is 12.2. The molecule has 1 aliphatic rings. The molecule has 0 radical (unpaired) electrons. The summed E-state index contributed by atoms with van der Waals surface area (Å²) in [4.78, 5) is 0. The number of hydrogen-bond donors (Lipinski definition) is 2. The Labute approximate surface area is 148 Å². The van der Waals surface area contributed by atoms with E-state index in [0.29, 0.717) is 16.7 Å². The van der Waals surface area contributed by atoms with Gasteiger partial charge in [-0.2, -0.15) is 0 Å². The molecule has 3 aromatic rings. The highest BCUT2D eigenvalue weighted by atomic mass is 35.5. The summed E-state index contributed by atoms with van der Waals surface area (Å²) in [7, 11) is 0. The average Bonchev–Trinajstić information content (AvgIpc) is 3.21. The van der Waals surface area contributed by atoms with Crippen molar-refractivity contribution < 1.29 is 4.74 Å². The zero-order valence-corrected chi connectivity index (χ0v) is 14.3. The highest BCUT2D eigenvalue weighted by Crippen LogP contribution is 2.39. The second-order valence-electron chi connectivity index (χ2n) is 5.65. The van der Waals surface area contributed by atoms with E-state index in [1.807, 2.05) is 30.3 Å². The number of rotatable bonds is 3. The molecule has 2 aromatic carbocycles. The van der Waals surface area contributed by atoms with Crippen LogP contribution < -0.4 is 16.2 Å². The van der Waals surface area contributed by atoms with Crippen LogP contribution in [0.15, 0.2) is 36.4 Å². The van der Waals surface area contributed by atoms with Gasteiger partial charge in [-0.3, -0.25) is 0 Å². The molecule has 0 bridgehead atoms. The molecule has 122 valence electrons. The number of hydrogen-bond acceptors (Lipinski definition) is 6. The van der Waals surface area contributed by atoms with Gasteiger partial charge in [0.1, 0.15) is 16.9 Å². The Morgan fingerprint density at radius 3 is 2.54 bits per heavy atom. The number of nitrogens with two attached hydrogens (primary N) is 2. The van der Waals surface area contributed by atoms with E-state index in [0.717, 1.165) is 39.4 Å². The maximum atomic E-state index is 6.38. The number of benzene rings is 2. The van der Waals surface area contributed by atoms with Crippen molar-refractivity contribution in [1.29, 1.82) is 0 Å². The number of aromatic nitrogens is 2. The molecule has 7 heteroatoms. The molecule has 4 N–H and O–H groups in total. The van der Waals surface area contributed by atoms with Crippen LogP contribution in [0.5, 0.6) is 5.75 Å². The average molecular weight is 359 g/mol. The van der Waals surface area contributed by atoms with Crippen LogP contribution in [-0.2, 0) is 6.42 Å².